The van der Waals surface area contributed by atoms with Crippen molar-refractivity contribution in [3.63, 3.8) is 0 Å². The Balaban J connectivity index is 2.35. The minimum absolute atomic E-state index is 0.132. The molecule has 1 aromatic rings. The summed E-state index contributed by atoms with van der Waals surface area (Å²) < 4.78 is 10.8. The van der Waals surface area contributed by atoms with Crippen molar-refractivity contribution in [1.29, 1.82) is 0 Å². The van der Waals surface area contributed by atoms with Crippen LogP contribution in [0.2, 0.25) is 6.82 Å². The standard InChI is InChI=1S/C9H11BO2/c1-3-7-4-5-8-9(6-7)12-10(2)11-8/h4-6H,3H2,1-2H3. The smallest absolute Gasteiger partial charge is 0.523 e. The van der Waals surface area contributed by atoms with Crippen molar-refractivity contribution < 1.29 is 9.31 Å². The third-order valence-electron chi connectivity index (χ3n) is 2.00. The molecule has 0 bridgehead atoms. The Hall–Kier alpha value is -1.12. The zero-order chi connectivity index (χ0) is 8.55. The summed E-state index contributed by atoms with van der Waals surface area (Å²) in [6, 6.07) is 6.08. The Bertz CT molecular complexity index is 299. The van der Waals surface area contributed by atoms with Crippen LogP contribution >= 0.6 is 0 Å². The number of benzene rings is 1. The summed E-state index contributed by atoms with van der Waals surface area (Å²) in [5.41, 5.74) is 1.28. The van der Waals surface area contributed by atoms with Gasteiger partial charge in [-0.1, -0.05) is 13.0 Å². The van der Waals surface area contributed by atoms with Gasteiger partial charge in [0.05, 0.1) is 0 Å². The summed E-state index contributed by atoms with van der Waals surface area (Å²) >= 11 is 0. The van der Waals surface area contributed by atoms with Gasteiger partial charge in [-0.15, -0.1) is 0 Å². The lowest BCUT2D eigenvalue weighted by molar-refractivity contribution is 0.509. The molecule has 0 atom stereocenters. The molecule has 0 unspecified atom stereocenters. The van der Waals surface area contributed by atoms with E-state index in [1.54, 1.807) is 0 Å². The van der Waals surface area contributed by atoms with Crippen LogP contribution in [0.1, 0.15) is 12.5 Å². The normalized spacial score (nSPS) is 13.7. The highest BCUT2D eigenvalue weighted by molar-refractivity contribution is 6.45. The van der Waals surface area contributed by atoms with Gasteiger partial charge in [-0.05, 0) is 30.9 Å². The first-order chi connectivity index (χ1) is 5.79. The molecular formula is C9H11BO2. The fourth-order valence-corrected chi connectivity index (χ4v) is 1.34. The number of rotatable bonds is 1. The Kier molecular flexibility index (Phi) is 1.72. The molecule has 0 radical (unpaired) electrons. The van der Waals surface area contributed by atoms with E-state index >= 15 is 0 Å². The molecule has 0 fully saturated rings. The summed E-state index contributed by atoms with van der Waals surface area (Å²) in [6.07, 6.45) is 1.03. The van der Waals surface area contributed by atoms with Crippen molar-refractivity contribution in [3.05, 3.63) is 23.8 Å². The zero-order valence-electron chi connectivity index (χ0n) is 7.33. The van der Waals surface area contributed by atoms with Crippen molar-refractivity contribution >= 4 is 7.12 Å². The highest BCUT2D eigenvalue weighted by Gasteiger charge is 2.25. The quantitative estimate of drug-likeness (QED) is 0.589. The van der Waals surface area contributed by atoms with Gasteiger partial charge in [-0.25, -0.2) is 0 Å². The molecule has 0 saturated carbocycles. The van der Waals surface area contributed by atoms with Crippen LogP contribution in [-0.4, -0.2) is 7.12 Å². The predicted molar refractivity (Wildman–Crippen MR) is 48.7 cm³/mol. The zero-order valence-corrected chi connectivity index (χ0v) is 7.33. The van der Waals surface area contributed by atoms with E-state index in [1.807, 2.05) is 19.0 Å². The monoisotopic (exact) mass is 162 g/mol. The maximum Gasteiger partial charge on any atom is 0.591 e. The average molecular weight is 162 g/mol. The van der Waals surface area contributed by atoms with Crippen LogP contribution in [0, 0.1) is 0 Å². The van der Waals surface area contributed by atoms with Crippen molar-refractivity contribution in [2.75, 3.05) is 0 Å². The van der Waals surface area contributed by atoms with Gasteiger partial charge in [0.15, 0.2) is 0 Å². The molecule has 1 aliphatic heterocycles. The van der Waals surface area contributed by atoms with Crippen LogP contribution in [0.4, 0.5) is 0 Å². The van der Waals surface area contributed by atoms with Crippen LogP contribution in [0.3, 0.4) is 0 Å². The molecule has 0 aliphatic carbocycles. The summed E-state index contributed by atoms with van der Waals surface area (Å²) in [6.45, 7) is 4.02. The molecule has 0 spiro atoms. The largest absolute Gasteiger partial charge is 0.591 e. The van der Waals surface area contributed by atoms with E-state index < -0.39 is 0 Å². The number of aryl methyl sites for hydroxylation is 1. The minimum Gasteiger partial charge on any atom is -0.523 e. The molecule has 12 heavy (non-hydrogen) atoms. The summed E-state index contributed by atoms with van der Waals surface area (Å²) in [4.78, 5) is 0. The first-order valence-corrected chi connectivity index (χ1v) is 4.26. The van der Waals surface area contributed by atoms with Gasteiger partial charge < -0.3 is 9.31 Å². The molecule has 0 saturated heterocycles. The Morgan fingerprint density at radius 3 is 2.75 bits per heavy atom. The van der Waals surface area contributed by atoms with Gasteiger partial charge in [-0.2, -0.15) is 0 Å². The maximum atomic E-state index is 5.43. The number of fused-ring (bicyclic) bond motifs is 1. The van der Waals surface area contributed by atoms with Gasteiger partial charge in [0.1, 0.15) is 11.5 Å². The molecule has 2 nitrogen and oxygen atoms in total. The lowest BCUT2D eigenvalue weighted by atomic mass is 9.97. The molecule has 1 aliphatic rings. The lowest BCUT2D eigenvalue weighted by Gasteiger charge is -1.99. The second-order valence-corrected chi connectivity index (χ2v) is 2.94. The molecule has 0 amide bonds. The fraction of sp³-hybridized carbons (Fsp3) is 0.333. The van der Waals surface area contributed by atoms with E-state index in [4.69, 9.17) is 9.31 Å². The van der Waals surface area contributed by atoms with Crippen molar-refractivity contribution in [1.82, 2.24) is 0 Å². The third-order valence-corrected chi connectivity index (χ3v) is 2.00. The van der Waals surface area contributed by atoms with Crippen LogP contribution < -0.4 is 9.31 Å². The van der Waals surface area contributed by atoms with E-state index in [2.05, 4.69) is 13.0 Å². The van der Waals surface area contributed by atoms with Gasteiger partial charge in [0.2, 0.25) is 0 Å². The van der Waals surface area contributed by atoms with Crippen LogP contribution in [-0.2, 0) is 6.42 Å². The first-order valence-electron chi connectivity index (χ1n) is 4.26. The highest BCUT2D eigenvalue weighted by atomic mass is 16.6. The predicted octanol–water partition coefficient (Wildman–Crippen LogP) is 2.14. The van der Waals surface area contributed by atoms with Gasteiger partial charge in [0.25, 0.3) is 0 Å². The van der Waals surface area contributed by atoms with Crippen molar-refractivity contribution in [2.45, 2.75) is 20.2 Å². The van der Waals surface area contributed by atoms with Gasteiger partial charge in [-0.3, -0.25) is 0 Å². The second kappa shape index (κ2) is 2.74. The molecule has 62 valence electrons. The minimum atomic E-state index is -0.132. The fourth-order valence-electron chi connectivity index (χ4n) is 1.34. The molecule has 1 aromatic carbocycles. The Labute approximate surface area is 72.6 Å². The molecule has 2 rings (SSSR count). The van der Waals surface area contributed by atoms with Crippen molar-refractivity contribution in [3.8, 4) is 11.5 Å². The highest BCUT2D eigenvalue weighted by Crippen LogP contribution is 2.33. The first kappa shape index (κ1) is 7.53. The molecule has 1 heterocycles. The maximum absolute atomic E-state index is 5.43. The summed E-state index contributed by atoms with van der Waals surface area (Å²) in [5.74, 6) is 1.74. The van der Waals surface area contributed by atoms with E-state index in [-0.39, 0.29) is 7.12 Å². The van der Waals surface area contributed by atoms with Crippen LogP contribution in [0.5, 0.6) is 11.5 Å². The molecular weight excluding hydrogens is 151 g/mol. The van der Waals surface area contributed by atoms with Crippen LogP contribution in [0.15, 0.2) is 18.2 Å². The topological polar surface area (TPSA) is 18.5 Å². The van der Waals surface area contributed by atoms with Gasteiger partial charge >= 0.3 is 7.12 Å². The number of hydrogen-bond donors (Lipinski definition) is 0. The van der Waals surface area contributed by atoms with Gasteiger partial charge in [0, 0.05) is 0 Å². The molecule has 0 aromatic heterocycles. The van der Waals surface area contributed by atoms with Crippen LogP contribution in [0.25, 0.3) is 0 Å². The lowest BCUT2D eigenvalue weighted by Crippen LogP contribution is -2.18. The van der Waals surface area contributed by atoms with E-state index in [1.165, 1.54) is 5.56 Å². The molecule has 0 N–H and O–H groups in total. The Morgan fingerprint density at radius 1 is 1.25 bits per heavy atom. The number of hydrogen-bond acceptors (Lipinski definition) is 2. The SMILES string of the molecule is CCc1ccc2c(c1)OB(C)O2. The van der Waals surface area contributed by atoms with E-state index in [0.717, 1.165) is 17.9 Å². The van der Waals surface area contributed by atoms with E-state index in [9.17, 15) is 0 Å². The summed E-state index contributed by atoms with van der Waals surface area (Å²) in [7, 11) is -0.132. The second-order valence-electron chi connectivity index (χ2n) is 2.94. The van der Waals surface area contributed by atoms with Crippen molar-refractivity contribution in [2.24, 2.45) is 0 Å². The average Bonchev–Trinajstić information content (AvgIpc) is 2.43. The Morgan fingerprint density at radius 2 is 2.00 bits per heavy atom. The third kappa shape index (κ3) is 1.15. The molecule has 3 heteroatoms. The summed E-state index contributed by atoms with van der Waals surface area (Å²) in [5, 5.41) is 0. The van der Waals surface area contributed by atoms with E-state index in [0.29, 0.717) is 0 Å².